The molecule has 2 aliphatic carbocycles. The van der Waals surface area contributed by atoms with E-state index in [4.69, 9.17) is 0 Å². The number of hydrogen-bond acceptors (Lipinski definition) is 2. The summed E-state index contributed by atoms with van der Waals surface area (Å²) in [5, 5.41) is 9.52. The van der Waals surface area contributed by atoms with E-state index in [1.165, 1.54) is 0 Å². The molecule has 0 aliphatic heterocycles. The summed E-state index contributed by atoms with van der Waals surface area (Å²) in [5.74, 6) is 0. The van der Waals surface area contributed by atoms with Gasteiger partial charge in [0, 0.05) is 12.1 Å². The fourth-order valence-electron chi connectivity index (χ4n) is 2.61. The Morgan fingerprint density at radius 2 is 1.75 bits per heavy atom. The number of rotatable bonds is 3. The lowest BCUT2D eigenvalue weighted by Crippen LogP contribution is -2.46. The molecule has 2 unspecified atom stereocenters. The molecule has 0 radical (unpaired) electrons. The highest BCUT2D eigenvalue weighted by Crippen LogP contribution is 2.35. The Morgan fingerprint density at radius 3 is 2.25 bits per heavy atom. The molecule has 0 saturated heterocycles. The lowest BCUT2D eigenvalue weighted by Gasteiger charge is -2.36. The normalized spacial score (nSPS) is 32.1. The van der Waals surface area contributed by atoms with Crippen molar-refractivity contribution in [1.29, 1.82) is 0 Å². The van der Waals surface area contributed by atoms with E-state index in [9.17, 15) is 18.3 Å². The molecule has 2 rings (SSSR count). The van der Waals surface area contributed by atoms with Crippen LogP contribution in [0.4, 0.5) is 13.2 Å². The Morgan fingerprint density at radius 1 is 1.06 bits per heavy atom. The van der Waals surface area contributed by atoms with Crippen molar-refractivity contribution >= 4 is 0 Å². The second-order valence-corrected chi connectivity index (χ2v) is 4.99. The number of aliphatic hydroxyl groups is 1. The van der Waals surface area contributed by atoms with Crippen molar-refractivity contribution < 1.29 is 18.3 Å². The van der Waals surface area contributed by atoms with E-state index in [0.29, 0.717) is 6.42 Å². The van der Waals surface area contributed by atoms with Gasteiger partial charge in [0.1, 0.15) is 0 Å². The van der Waals surface area contributed by atoms with E-state index < -0.39 is 18.8 Å². The molecule has 0 amide bonds. The number of aliphatic hydroxyl groups excluding tert-OH is 1. The molecule has 1 N–H and O–H groups in total. The molecule has 16 heavy (non-hydrogen) atoms. The first kappa shape index (κ1) is 12.2. The molecule has 0 aromatic heterocycles. The standard InChI is InChI=1S/C11H18F3NO/c12-11(13,14)7-15(8-4-5-8)9-2-1-3-10(16)6-9/h8-10,16H,1-7H2. The molecule has 5 heteroatoms. The Hall–Kier alpha value is -0.290. The van der Waals surface area contributed by atoms with E-state index in [1.807, 2.05) is 0 Å². The van der Waals surface area contributed by atoms with Gasteiger partial charge in [0.25, 0.3) is 0 Å². The Kier molecular flexibility index (Phi) is 3.45. The van der Waals surface area contributed by atoms with Crippen LogP contribution < -0.4 is 0 Å². The molecule has 0 bridgehead atoms. The molecule has 94 valence electrons. The van der Waals surface area contributed by atoms with Crippen LogP contribution in [0.3, 0.4) is 0 Å². The van der Waals surface area contributed by atoms with Gasteiger partial charge in [0.05, 0.1) is 12.6 Å². The fourth-order valence-corrected chi connectivity index (χ4v) is 2.61. The number of alkyl halides is 3. The van der Waals surface area contributed by atoms with Gasteiger partial charge in [-0.15, -0.1) is 0 Å². The van der Waals surface area contributed by atoms with Crippen LogP contribution in [-0.2, 0) is 0 Å². The predicted molar refractivity (Wildman–Crippen MR) is 54.0 cm³/mol. The van der Waals surface area contributed by atoms with Gasteiger partial charge in [0.15, 0.2) is 0 Å². The maximum atomic E-state index is 12.4. The summed E-state index contributed by atoms with van der Waals surface area (Å²) in [6.07, 6.45) is 0.105. The minimum atomic E-state index is -4.12. The first-order chi connectivity index (χ1) is 7.46. The monoisotopic (exact) mass is 237 g/mol. The molecule has 2 saturated carbocycles. The lowest BCUT2D eigenvalue weighted by atomic mass is 9.91. The van der Waals surface area contributed by atoms with Crippen LogP contribution in [0.2, 0.25) is 0 Å². The zero-order chi connectivity index (χ0) is 11.8. The van der Waals surface area contributed by atoms with E-state index in [1.54, 1.807) is 4.90 Å². The van der Waals surface area contributed by atoms with Crippen molar-refractivity contribution in [2.75, 3.05) is 6.54 Å². The molecule has 0 heterocycles. The first-order valence-electron chi connectivity index (χ1n) is 5.96. The molecule has 2 aliphatic rings. The predicted octanol–water partition coefficient (Wildman–Crippen LogP) is 2.32. The molecule has 0 spiro atoms. The Balaban J connectivity index is 1.95. The highest BCUT2D eigenvalue weighted by Gasteiger charge is 2.42. The van der Waals surface area contributed by atoms with Crippen LogP contribution in [0.5, 0.6) is 0 Å². The number of hydrogen-bond donors (Lipinski definition) is 1. The van der Waals surface area contributed by atoms with Crippen LogP contribution in [0.1, 0.15) is 38.5 Å². The van der Waals surface area contributed by atoms with Crippen molar-refractivity contribution in [3.63, 3.8) is 0 Å². The molecule has 2 atom stereocenters. The van der Waals surface area contributed by atoms with Crippen molar-refractivity contribution in [1.82, 2.24) is 4.90 Å². The Bertz CT molecular complexity index is 240. The number of nitrogens with zero attached hydrogens (tertiary/aromatic N) is 1. The summed E-state index contributed by atoms with van der Waals surface area (Å²) < 4.78 is 37.3. The average Bonchev–Trinajstić information content (AvgIpc) is 2.96. The summed E-state index contributed by atoms with van der Waals surface area (Å²) in [6.45, 7) is -0.810. The number of halogens is 3. The SMILES string of the molecule is OC1CCCC(N(CC(F)(F)F)C2CC2)C1. The maximum absolute atomic E-state index is 12.4. The molecule has 2 nitrogen and oxygen atoms in total. The molecule has 2 fully saturated rings. The smallest absolute Gasteiger partial charge is 0.393 e. The van der Waals surface area contributed by atoms with Crippen molar-refractivity contribution in [3.05, 3.63) is 0 Å². The van der Waals surface area contributed by atoms with Crippen molar-refractivity contribution in [3.8, 4) is 0 Å². The zero-order valence-corrected chi connectivity index (χ0v) is 9.21. The van der Waals surface area contributed by atoms with Gasteiger partial charge in [-0.3, -0.25) is 4.90 Å². The van der Waals surface area contributed by atoms with Gasteiger partial charge >= 0.3 is 6.18 Å². The van der Waals surface area contributed by atoms with Crippen LogP contribution in [0, 0.1) is 0 Å². The summed E-state index contributed by atoms with van der Waals surface area (Å²) in [5.41, 5.74) is 0. The maximum Gasteiger partial charge on any atom is 0.401 e. The third-order valence-electron chi connectivity index (χ3n) is 3.47. The van der Waals surface area contributed by atoms with E-state index in [2.05, 4.69) is 0 Å². The highest BCUT2D eigenvalue weighted by molar-refractivity contribution is 4.92. The van der Waals surface area contributed by atoms with Crippen molar-refractivity contribution in [2.24, 2.45) is 0 Å². The molecular weight excluding hydrogens is 219 g/mol. The van der Waals surface area contributed by atoms with Gasteiger partial charge < -0.3 is 5.11 Å². The Labute approximate surface area is 93.4 Å². The third-order valence-corrected chi connectivity index (χ3v) is 3.47. The van der Waals surface area contributed by atoms with Gasteiger partial charge in [0.2, 0.25) is 0 Å². The molecule has 0 aromatic rings. The van der Waals surface area contributed by atoms with Gasteiger partial charge in [-0.2, -0.15) is 13.2 Å². The average molecular weight is 237 g/mol. The summed E-state index contributed by atoms with van der Waals surface area (Å²) >= 11 is 0. The fraction of sp³-hybridized carbons (Fsp3) is 1.00. The minimum absolute atomic E-state index is 0.0714. The van der Waals surface area contributed by atoms with E-state index >= 15 is 0 Å². The van der Waals surface area contributed by atoms with Crippen LogP contribution >= 0.6 is 0 Å². The van der Waals surface area contributed by atoms with Crippen LogP contribution in [-0.4, -0.2) is 40.9 Å². The topological polar surface area (TPSA) is 23.5 Å². The third kappa shape index (κ3) is 3.35. The minimum Gasteiger partial charge on any atom is -0.393 e. The molecule has 0 aromatic carbocycles. The second-order valence-electron chi connectivity index (χ2n) is 4.99. The molecular formula is C11H18F3NO. The zero-order valence-electron chi connectivity index (χ0n) is 9.21. The lowest BCUT2D eigenvalue weighted by molar-refractivity contribution is -0.155. The quantitative estimate of drug-likeness (QED) is 0.814. The van der Waals surface area contributed by atoms with Crippen LogP contribution in [0.25, 0.3) is 0 Å². The van der Waals surface area contributed by atoms with Crippen LogP contribution in [0.15, 0.2) is 0 Å². The summed E-state index contributed by atoms with van der Waals surface area (Å²) in [6, 6.07) is 0.0369. The second kappa shape index (κ2) is 4.53. The first-order valence-corrected chi connectivity index (χ1v) is 5.96. The van der Waals surface area contributed by atoms with Gasteiger partial charge in [-0.25, -0.2) is 0 Å². The van der Waals surface area contributed by atoms with Crippen molar-refractivity contribution in [2.45, 2.75) is 62.9 Å². The highest BCUT2D eigenvalue weighted by atomic mass is 19.4. The summed E-state index contributed by atoms with van der Waals surface area (Å²) in [7, 11) is 0. The van der Waals surface area contributed by atoms with Gasteiger partial charge in [-0.1, -0.05) is 0 Å². The van der Waals surface area contributed by atoms with E-state index in [0.717, 1.165) is 32.1 Å². The van der Waals surface area contributed by atoms with Gasteiger partial charge in [-0.05, 0) is 38.5 Å². The summed E-state index contributed by atoms with van der Waals surface area (Å²) in [4.78, 5) is 1.57. The largest absolute Gasteiger partial charge is 0.401 e. The van der Waals surface area contributed by atoms with E-state index in [-0.39, 0.29) is 12.1 Å².